The molecule has 2 saturated carbocycles. The zero-order valence-corrected chi connectivity index (χ0v) is 13.8. The number of hydrogen-bond donors (Lipinski definition) is 1. The van der Waals surface area contributed by atoms with Crippen LogP contribution < -0.4 is 5.32 Å². The van der Waals surface area contributed by atoms with E-state index in [0.717, 1.165) is 37.3 Å². The Hall–Kier alpha value is -0.900. The van der Waals surface area contributed by atoms with Crippen LogP contribution in [-0.2, 0) is 13.0 Å². The second-order valence-corrected chi connectivity index (χ2v) is 7.35. The summed E-state index contributed by atoms with van der Waals surface area (Å²) < 4.78 is 2.11. The number of fused-ring (bicyclic) bond motifs is 1. The highest BCUT2D eigenvalue weighted by Gasteiger charge is 2.55. The largest absolute Gasteiger partial charge is 0.313 e. The van der Waals surface area contributed by atoms with Gasteiger partial charge in [-0.1, -0.05) is 27.2 Å². The first-order chi connectivity index (χ1) is 10.2. The van der Waals surface area contributed by atoms with Crippen LogP contribution in [0.25, 0.3) is 0 Å². The molecule has 1 N–H and O–H groups in total. The van der Waals surface area contributed by atoms with Crippen molar-refractivity contribution in [3.63, 3.8) is 0 Å². The fourth-order valence-corrected chi connectivity index (χ4v) is 4.29. The third-order valence-electron chi connectivity index (χ3n) is 5.23. The number of nitrogens with zero attached hydrogens (tertiary/aromatic N) is 3. The van der Waals surface area contributed by atoms with Crippen LogP contribution in [-0.4, -0.2) is 27.4 Å². The first kappa shape index (κ1) is 15.0. The van der Waals surface area contributed by atoms with Gasteiger partial charge in [-0.15, -0.1) is 0 Å². The second-order valence-electron chi connectivity index (χ2n) is 7.35. The van der Waals surface area contributed by atoms with Gasteiger partial charge in [0.25, 0.3) is 0 Å². The van der Waals surface area contributed by atoms with E-state index in [1.54, 1.807) is 6.33 Å². The Morgan fingerprint density at radius 3 is 2.76 bits per heavy atom. The molecule has 0 radical (unpaired) electrons. The number of hydrogen-bond acceptors (Lipinski definition) is 3. The molecular weight excluding hydrogens is 260 g/mol. The lowest BCUT2D eigenvalue weighted by atomic mass is 10.0. The van der Waals surface area contributed by atoms with E-state index in [1.165, 1.54) is 31.5 Å². The summed E-state index contributed by atoms with van der Waals surface area (Å²) in [5.41, 5.74) is 0. The van der Waals surface area contributed by atoms with Crippen LogP contribution in [0, 0.1) is 23.7 Å². The normalized spacial score (nSPS) is 28.9. The van der Waals surface area contributed by atoms with Crippen molar-refractivity contribution in [1.82, 2.24) is 20.1 Å². The number of aromatic nitrogens is 3. The molecule has 0 aromatic carbocycles. The highest BCUT2D eigenvalue weighted by Crippen LogP contribution is 2.59. The highest BCUT2D eigenvalue weighted by molar-refractivity contribution is 5.08. The first-order valence-corrected chi connectivity index (χ1v) is 8.80. The van der Waals surface area contributed by atoms with Gasteiger partial charge in [0.2, 0.25) is 0 Å². The second kappa shape index (κ2) is 6.47. The molecular formula is C17H30N4. The highest BCUT2D eigenvalue weighted by atomic mass is 15.3. The lowest BCUT2D eigenvalue weighted by Gasteiger charge is -2.20. The molecule has 0 aliphatic heterocycles. The van der Waals surface area contributed by atoms with Gasteiger partial charge in [-0.05, 0) is 49.5 Å². The molecule has 2 fully saturated rings. The van der Waals surface area contributed by atoms with Crippen LogP contribution in [0.3, 0.4) is 0 Å². The molecule has 2 aliphatic carbocycles. The summed E-state index contributed by atoms with van der Waals surface area (Å²) in [5, 5.41) is 8.22. The van der Waals surface area contributed by atoms with Gasteiger partial charge >= 0.3 is 0 Å². The van der Waals surface area contributed by atoms with E-state index in [-0.39, 0.29) is 0 Å². The number of rotatable bonds is 8. The monoisotopic (exact) mass is 290 g/mol. The zero-order valence-electron chi connectivity index (χ0n) is 13.8. The van der Waals surface area contributed by atoms with Crippen molar-refractivity contribution in [2.45, 2.75) is 65.5 Å². The van der Waals surface area contributed by atoms with Gasteiger partial charge in [0, 0.05) is 19.0 Å². The Morgan fingerprint density at radius 1 is 1.33 bits per heavy atom. The Kier molecular flexibility index (Phi) is 4.63. The maximum absolute atomic E-state index is 4.53. The van der Waals surface area contributed by atoms with Crippen molar-refractivity contribution in [3.8, 4) is 0 Å². The van der Waals surface area contributed by atoms with Crippen molar-refractivity contribution in [3.05, 3.63) is 12.2 Å². The van der Waals surface area contributed by atoms with E-state index in [2.05, 4.69) is 40.9 Å². The molecule has 118 valence electrons. The molecule has 0 saturated heterocycles. The van der Waals surface area contributed by atoms with Crippen molar-refractivity contribution >= 4 is 0 Å². The molecule has 4 nitrogen and oxygen atoms in total. The minimum absolute atomic E-state index is 0.607. The van der Waals surface area contributed by atoms with Crippen LogP contribution in [0.4, 0.5) is 0 Å². The zero-order chi connectivity index (χ0) is 14.8. The van der Waals surface area contributed by atoms with Crippen molar-refractivity contribution in [2.75, 3.05) is 6.54 Å². The molecule has 4 heteroatoms. The van der Waals surface area contributed by atoms with Crippen LogP contribution in [0.5, 0.6) is 0 Å². The summed E-state index contributed by atoms with van der Waals surface area (Å²) in [6.45, 7) is 8.83. The predicted molar refractivity (Wildman–Crippen MR) is 85.0 cm³/mol. The molecule has 1 aromatic rings. The van der Waals surface area contributed by atoms with E-state index >= 15 is 0 Å². The molecule has 21 heavy (non-hydrogen) atoms. The van der Waals surface area contributed by atoms with Crippen LogP contribution in [0.15, 0.2) is 6.33 Å². The van der Waals surface area contributed by atoms with Gasteiger partial charge in [-0.2, -0.15) is 5.10 Å². The quantitative estimate of drug-likeness (QED) is 0.800. The lowest BCUT2D eigenvalue weighted by molar-refractivity contribution is 0.382. The van der Waals surface area contributed by atoms with Crippen LogP contribution >= 0.6 is 0 Å². The maximum atomic E-state index is 4.53. The summed E-state index contributed by atoms with van der Waals surface area (Å²) in [4.78, 5) is 4.53. The molecule has 0 amide bonds. The number of nitrogens with one attached hydrogen (secondary N) is 1. The van der Waals surface area contributed by atoms with Gasteiger partial charge in [0.05, 0.1) is 0 Å². The maximum Gasteiger partial charge on any atom is 0.138 e. The SMILES string of the molecule is CCCNC(Cc1ncnn1CC(C)C)C1C2CCCC21. The third kappa shape index (κ3) is 3.31. The van der Waals surface area contributed by atoms with E-state index in [0.29, 0.717) is 12.0 Å². The van der Waals surface area contributed by atoms with Gasteiger partial charge in [0.15, 0.2) is 0 Å². The Morgan fingerprint density at radius 2 is 2.10 bits per heavy atom. The third-order valence-corrected chi connectivity index (χ3v) is 5.23. The molecule has 0 bridgehead atoms. The fourth-order valence-electron chi connectivity index (χ4n) is 4.29. The average Bonchev–Trinajstić information content (AvgIpc) is 2.81. The Bertz CT molecular complexity index is 443. The average molecular weight is 290 g/mol. The molecule has 0 spiro atoms. The van der Waals surface area contributed by atoms with Crippen molar-refractivity contribution in [2.24, 2.45) is 23.7 Å². The smallest absolute Gasteiger partial charge is 0.138 e. The fraction of sp³-hybridized carbons (Fsp3) is 0.882. The minimum Gasteiger partial charge on any atom is -0.313 e. The first-order valence-electron chi connectivity index (χ1n) is 8.80. The molecule has 2 aliphatic rings. The van der Waals surface area contributed by atoms with E-state index in [4.69, 9.17) is 0 Å². The predicted octanol–water partition coefficient (Wildman–Crippen LogP) is 2.89. The summed E-state index contributed by atoms with van der Waals surface area (Å²) in [6, 6.07) is 0.607. The van der Waals surface area contributed by atoms with Crippen LogP contribution in [0.1, 0.15) is 52.3 Å². The van der Waals surface area contributed by atoms with Gasteiger partial charge in [-0.3, -0.25) is 0 Å². The Balaban J connectivity index is 1.65. The summed E-state index contributed by atoms with van der Waals surface area (Å²) in [6.07, 6.45) is 8.34. The van der Waals surface area contributed by atoms with E-state index < -0.39 is 0 Å². The Labute approximate surface area is 128 Å². The van der Waals surface area contributed by atoms with Gasteiger partial charge < -0.3 is 5.32 Å². The molecule has 1 heterocycles. The summed E-state index contributed by atoms with van der Waals surface area (Å²) in [7, 11) is 0. The van der Waals surface area contributed by atoms with E-state index in [9.17, 15) is 0 Å². The van der Waals surface area contributed by atoms with Gasteiger partial charge in [-0.25, -0.2) is 9.67 Å². The van der Waals surface area contributed by atoms with Crippen LogP contribution in [0.2, 0.25) is 0 Å². The summed E-state index contributed by atoms with van der Waals surface area (Å²) in [5.74, 6) is 4.69. The van der Waals surface area contributed by atoms with Gasteiger partial charge in [0.1, 0.15) is 12.2 Å². The van der Waals surface area contributed by atoms with E-state index in [1.807, 2.05) is 0 Å². The minimum atomic E-state index is 0.607. The molecule has 3 rings (SSSR count). The topological polar surface area (TPSA) is 42.7 Å². The van der Waals surface area contributed by atoms with Crippen molar-refractivity contribution in [1.29, 1.82) is 0 Å². The van der Waals surface area contributed by atoms with Crippen molar-refractivity contribution < 1.29 is 0 Å². The standard InChI is InChI=1S/C17H30N4/c1-4-8-18-15(17-13-6-5-7-14(13)17)9-16-19-11-20-21(16)10-12(2)3/h11-15,17-18H,4-10H2,1-3H3. The molecule has 1 aromatic heterocycles. The molecule has 3 atom stereocenters. The molecule has 3 unspecified atom stereocenters. The summed E-state index contributed by atoms with van der Waals surface area (Å²) >= 11 is 0. The lowest BCUT2D eigenvalue weighted by Crippen LogP contribution is -2.36.